The first-order chi connectivity index (χ1) is 12.1. The van der Waals surface area contributed by atoms with Gasteiger partial charge in [-0.2, -0.15) is 0 Å². The van der Waals surface area contributed by atoms with Gasteiger partial charge in [-0.1, -0.05) is 11.2 Å². The number of carbonyl (C=O) groups excluding carboxylic acids is 1. The SMILES string of the molecule is COc1c(F)cccc1C(=O)N(C)Cc1cc(-c2cccnc2)no1. The number of hydrogen-bond acceptors (Lipinski definition) is 5. The molecule has 2 aromatic heterocycles. The Balaban J connectivity index is 1.77. The smallest absolute Gasteiger partial charge is 0.257 e. The largest absolute Gasteiger partial charge is 0.493 e. The first kappa shape index (κ1) is 16.6. The van der Waals surface area contributed by atoms with Gasteiger partial charge in [-0.3, -0.25) is 9.78 Å². The van der Waals surface area contributed by atoms with Gasteiger partial charge in [0.25, 0.3) is 5.91 Å². The van der Waals surface area contributed by atoms with E-state index in [0.29, 0.717) is 11.5 Å². The van der Waals surface area contributed by atoms with Crippen LogP contribution in [0.25, 0.3) is 11.3 Å². The maximum Gasteiger partial charge on any atom is 0.257 e. The molecule has 3 aromatic rings. The van der Waals surface area contributed by atoms with Crippen LogP contribution in [0.1, 0.15) is 16.1 Å². The second kappa shape index (κ2) is 7.12. The Bertz CT molecular complexity index is 880. The number of benzene rings is 1. The van der Waals surface area contributed by atoms with Gasteiger partial charge in [0.05, 0.1) is 19.2 Å². The molecule has 7 heteroatoms. The van der Waals surface area contributed by atoms with Gasteiger partial charge in [0, 0.05) is 31.1 Å². The summed E-state index contributed by atoms with van der Waals surface area (Å²) < 4.78 is 24.0. The van der Waals surface area contributed by atoms with E-state index in [0.717, 1.165) is 5.56 Å². The van der Waals surface area contributed by atoms with E-state index in [1.807, 2.05) is 6.07 Å². The number of hydrogen-bond donors (Lipinski definition) is 0. The van der Waals surface area contributed by atoms with Crippen molar-refractivity contribution in [2.45, 2.75) is 6.54 Å². The summed E-state index contributed by atoms with van der Waals surface area (Å²) in [4.78, 5) is 18.0. The zero-order valence-corrected chi connectivity index (χ0v) is 13.8. The number of para-hydroxylation sites is 1. The molecule has 0 aliphatic carbocycles. The van der Waals surface area contributed by atoms with Crippen LogP contribution in [0, 0.1) is 5.82 Å². The number of methoxy groups -OCH3 is 1. The van der Waals surface area contributed by atoms with Crippen molar-refractivity contribution >= 4 is 5.91 Å². The Morgan fingerprint density at radius 1 is 1.32 bits per heavy atom. The molecular formula is C18H16FN3O3. The van der Waals surface area contributed by atoms with Crippen LogP contribution in [-0.2, 0) is 6.54 Å². The average Bonchev–Trinajstić information content (AvgIpc) is 3.10. The Hall–Kier alpha value is -3.22. The monoisotopic (exact) mass is 341 g/mol. The standard InChI is InChI=1S/C18H16FN3O3/c1-22(18(23)14-6-3-7-15(19)17(14)24-2)11-13-9-16(21-25-13)12-5-4-8-20-10-12/h3-10H,11H2,1-2H3. The molecule has 0 radical (unpaired) electrons. The summed E-state index contributed by atoms with van der Waals surface area (Å²) in [5.74, 6) is -0.533. The minimum absolute atomic E-state index is 0.0760. The van der Waals surface area contributed by atoms with Crippen LogP contribution < -0.4 is 4.74 Å². The topological polar surface area (TPSA) is 68.5 Å². The molecule has 1 amide bonds. The fourth-order valence-corrected chi connectivity index (χ4v) is 2.43. The molecular weight excluding hydrogens is 325 g/mol. The van der Waals surface area contributed by atoms with Crippen LogP contribution >= 0.6 is 0 Å². The van der Waals surface area contributed by atoms with Crippen LogP contribution in [0.4, 0.5) is 4.39 Å². The minimum atomic E-state index is -0.583. The number of amides is 1. The van der Waals surface area contributed by atoms with Crippen molar-refractivity contribution in [3.63, 3.8) is 0 Å². The lowest BCUT2D eigenvalue weighted by atomic mass is 10.1. The van der Waals surface area contributed by atoms with E-state index >= 15 is 0 Å². The molecule has 0 fully saturated rings. The Kier molecular flexibility index (Phi) is 4.74. The molecule has 6 nitrogen and oxygen atoms in total. The second-order valence-corrected chi connectivity index (χ2v) is 5.40. The predicted octanol–water partition coefficient (Wildman–Crippen LogP) is 3.16. The van der Waals surface area contributed by atoms with Gasteiger partial charge in [0.15, 0.2) is 17.3 Å². The third-order valence-electron chi connectivity index (χ3n) is 3.66. The summed E-state index contributed by atoms with van der Waals surface area (Å²) in [6.45, 7) is 0.186. The Labute approximate surface area is 143 Å². The first-order valence-electron chi connectivity index (χ1n) is 7.54. The van der Waals surface area contributed by atoms with Gasteiger partial charge >= 0.3 is 0 Å². The molecule has 0 aliphatic rings. The molecule has 128 valence electrons. The van der Waals surface area contributed by atoms with Crippen molar-refractivity contribution in [2.24, 2.45) is 0 Å². The predicted molar refractivity (Wildman–Crippen MR) is 88.5 cm³/mol. The average molecular weight is 341 g/mol. The number of halogens is 1. The van der Waals surface area contributed by atoms with Crippen LogP contribution in [0.15, 0.2) is 53.3 Å². The van der Waals surface area contributed by atoms with E-state index in [1.165, 1.54) is 30.2 Å². The molecule has 1 aromatic carbocycles. The van der Waals surface area contributed by atoms with Crippen molar-refractivity contribution in [3.05, 3.63) is 65.9 Å². The molecule has 0 N–H and O–H groups in total. The fraction of sp³-hybridized carbons (Fsp3) is 0.167. The fourth-order valence-electron chi connectivity index (χ4n) is 2.43. The maximum atomic E-state index is 13.8. The van der Waals surface area contributed by atoms with Gasteiger partial charge in [-0.25, -0.2) is 4.39 Å². The van der Waals surface area contributed by atoms with Crippen molar-refractivity contribution in [1.82, 2.24) is 15.0 Å². The van der Waals surface area contributed by atoms with E-state index in [2.05, 4.69) is 10.1 Å². The third kappa shape index (κ3) is 3.50. The summed E-state index contributed by atoms with van der Waals surface area (Å²) in [6.07, 6.45) is 3.34. The Morgan fingerprint density at radius 3 is 2.88 bits per heavy atom. The zero-order valence-electron chi connectivity index (χ0n) is 13.8. The van der Waals surface area contributed by atoms with Crippen molar-refractivity contribution in [2.75, 3.05) is 14.2 Å². The highest BCUT2D eigenvalue weighted by atomic mass is 19.1. The number of carbonyl (C=O) groups is 1. The lowest BCUT2D eigenvalue weighted by molar-refractivity contribution is 0.0768. The van der Waals surface area contributed by atoms with E-state index in [-0.39, 0.29) is 23.8 Å². The van der Waals surface area contributed by atoms with E-state index in [4.69, 9.17) is 9.26 Å². The molecule has 0 aliphatic heterocycles. The summed E-state index contributed by atoms with van der Waals surface area (Å²) in [7, 11) is 2.92. The van der Waals surface area contributed by atoms with Gasteiger partial charge < -0.3 is 14.2 Å². The molecule has 2 heterocycles. The van der Waals surface area contributed by atoms with Gasteiger partial charge in [-0.05, 0) is 24.3 Å². The highest BCUT2D eigenvalue weighted by molar-refractivity contribution is 5.96. The molecule has 25 heavy (non-hydrogen) atoms. The number of aromatic nitrogens is 2. The quantitative estimate of drug-likeness (QED) is 0.713. The molecule has 0 bridgehead atoms. The summed E-state index contributed by atoms with van der Waals surface area (Å²) in [5, 5.41) is 3.98. The number of ether oxygens (including phenoxy) is 1. The first-order valence-corrected chi connectivity index (χ1v) is 7.54. The summed E-state index contributed by atoms with van der Waals surface area (Å²) in [6, 6.07) is 9.63. The van der Waals surface area contributed by atoms with Gasteiger partial charge in [0.1, 0.15) is 5.69 Å². The normalized spacial score (nSPS) is 10.5. The van der Waals surface area contributed by atoms with Crippen molar-refractivity contribution in [1.29, 1.82) is 0 Å². The maximum absolute atomic E-state index is 13.8. The third-order valence-corrected chi connectivity index (χ3v) is 3.66. The lowest BCUT2D eigenvalue weighted by Crippen LogP contribution is -2.26. The number of nitrogens with zero attached hydrogens (tertiary/aromatic N) is 3. The summed E-state index contributed by atoms with van der Waals surface area (Å²) in [5.41, 5.74) is 1.60. The molecule has 3 rings (SSSR count). The lowest BCUT2D eigenvalue weighted by Gasteiger charge is -2.17. The second-order valence-electron chi connectivity index (χ2n) is 5.40. The number of rotatable bonds is 5. The van der Waals surface area contributed by atoms with Crippen LogP contribution in [0.3, 0.4) is 0 Å². The van der Waals surface area contributed by atoms with E-state index < -0.39 is 5.82 Å². The molecule has 0 spiro atoms. The highest BCUT2D eigenvalue weighted by Gasteiger charge is 2.20. The molecule has 0 saturated heterocycles. The highest BCUT2D eigenvalue weighted by Crippen LogP contribution is 2.24. The van der Waals surface area contributed by atoms with Gasteiger partial charge in [-0.15, -0.1) is 0 Å². The van der Waals surface area contributed by atoms with E-state index in [9.17, 15) is 9.18 Å². The van der Waals surface area contributed by atoms with Crippen LogP contribution in [0.2, 0.25) is 0 Å². The van der Waals surface area contributed by atoms with Crippen LogP contribution in [-0.4, -0.2) is 35.1 Å². The van der Waals surface area contributed by atoms with Crippen molar-refractivity contribution < 1.29 is 18.4 Å². The molecule has 0 saturated carbocycles. The molecule has 0 unspecified atom stereocenters. The number of pyridine rings is 1. The van der Waals surface area contributed by atoms with E-state index in [1.54, 1.807) is 31.6 Å². The molecule has 0 atom stereocenters. The minimum Gasteiger partial charge on any atom is -0.493 e. The zero-order chi connectivity index (χ0) is 17.8. The van der Waals surface area contributed by atoms with Gasteiger partial charge in [0.2, 0.25) is 0 Å². The summed E-state index contributed by atoms with van der Waals surface area (Å²) >= 11 is 0. The van der Waals surface area contributed by atoms with Crippen molar-refractivity contribution in [3.8, 4) is 17.0 Å². The Morgan fingerprint density at radius 2 is 2.16 bits per heavy atom. The van der Waals surface area contributed by atoms with Crippen LogP contribution in [0.5, 0.6) is 5.75 Å².